The van der Waals surface area contributed by atoms with Gasteiger partial charge in [-0.3, -0.25) is 0 Å². The predicted molar refractivity (Wildman–Crippen MR) is 116 cm³/mol. The van der Waals surface area contributed by atoms with Crippen LogP contribution in [0.1, 0.15) is 22.3 Å². The molecular weight excluding hydrogens is 376 g/mol. The molecule has 5 heteroatoms. The van der Waals surface area contributed by atoms with Crippen molar-refractivity contribution in [1.29, 1.82) is 0 Å². The monoisotopic (exact) mass is 398 g/mol. The van der Waals surface area contributed by atoms with Gasteiger partial charge in [0.15, 0.2) is 8.68 Å². The van der Waals surface area contributed by atoms with Gasteiger partial charge in [0.1, 0.15) is 0 Å². The van der Waals surface area contributed by atoms with Gasteiger partial charge in [-0.2, -0.15) is 0 Å². The Morgan fingerprint density at radius 3 is 2.19 bits per heavy atom. The maximum absolute atomic E-state index is 4.31. The maximum atomic E-state index is 4.31. The molecule has 0 aliphatic rings. The zero-order chi connectivity index (χ0) is 18.2. The number of aromatic nitrogens is 2. The molecule has 3 rings (SSSR count). The van der Waals surface area contributed by atoms with Crippen LogP contribution in [0.2, 0.25) is 0 Å². The molecule has 1 aromatic heterocycles. The van der Waals surface area contributed by atoms with Gasteiger partial charge in [-0.05, 0) is 36.5 Å². The van der Waals surface area contributed by atoms with Crippen LogP contribution in [0, 0.1) is 6.92 Å². The van der Waals surface area contributed by atoms with Gasteiger partial charge in [-0.25, -0.2) is 0 Å². The second-order valence-electron chi connectivity index (χ2n) is 5.97. The van der Waals surface area contributed by atoms with Crippen LogP contribution in [-0.2, 0) is 12.8 Å². The van der Waals surface area contributed by atoms with E-state index >= 15 is 0 Å². The van der Waals surface area contributed by atoms with Crippen molar-refractivity contribution in [3.8, 4) is 0 Å². The highest BCUT2D eigenvalue weighted by Gasteiger charge is 2.06. The maximum Gasteiger partial charge on any atom is 0.175 e. The Morgan fingerprint density at radius 2 is 1.58 bits per heavy atom. The second kappa shape index (κ2) is 9.95. The molecule has 0 aliphatic carbocycles. The van der Waals surface area contributed by atoms with E-state index in [9.17, 15) is 0 Å². The van der Waals surface area contributed by atoms with Crippen molar-refractivity contribution >= 4 is 40.9 Å². The minimum Gasteiger partial charge on any atom is -0.131 e. The molecule has 0 atom stereocenters. The smallest absolute Gasteiger partial charge is 0.131 e. The normalized spacial score (nSPS) is 10.8. The molecule has 0 unspecified atom stereocenters. The number of hydrogen-bond acceptors (Lipinski definition) is 5. The lowest BCUT2D eigenvalue weighted by Crippen LogP contribution is -1.88. The van der Waals surface area contributed by atoms with Crippen molar-refractivity contribution in [2.75, 3.05) is 11.5 Å². The van der Waals surface area contributed by atoms with Crippen LogP contribution >= 0.6 is 34.9 Å². The summed E-state index contributed by atoms with van der Waals surface area (Å²) in [7, 11) is 0. The largest absolute Gasteiger partial charge is 0.175 e. The Hall–Kier alpha value is -1.56. The zero-order valence-electron chi connectivity index (χ0n) is 14.9. The lowest BCUT2D eigenvalue weighted by atomic mass is 10.1. The van der Waals surface area contributed by atoms with Gasteiger partial charge < -0.3 is 0 Å². The van der Waals surface area contributed by atoms with Crippen LogP contribution in [0.15, 0.2) is 63.8 Å². The quantitative estimate of drug-likeness (QED) is 0.403. The second-order valence-corrected chi connectivity index (χ2v) is 9.63. The first-order valence-electron chi connectivity index (χ1n) is 8.59. The van der Waals surface area contributed by atoms with Crippen LogP contribution in [0.25, 0.3) is 6.08 Å². The summed E-state index contributed by atoms with van der Waals surface area (Å²) in [5, 5.41) is 8.62. The van der Waals surface area contributed by atoms with Gasteiger partial charge in [-0.1, -0.05) is 102 Å². The number of thioether (sulfide) groups is 2. The first kappa shape index (κ1) is 19.2. The van der Waals surface area contributed by atoms with E-state index < -0.39 is 0 Å². The summed E-state index contributed by atoms with van der Waals surface area (Å²) in [5.74, 6) is 2.06. The fraction of sp³-hybridized carbons (Fsp3) is 0.238. The van der Waals surface area contributed by atoms with Crippen LogP contribution in [0.3, 0.4) is 0 Å². The average Bonchev–Trinajstić information content (AvgIpc) is 3.10. The molecule has 134 valence electrons. The lowest BCUT2D eigenvalue weighted by Gasteiger charge is -2.01. The summed E-state index contributed by atoms with van der Waals surface area (Å²) in [4.78, 5) is 0. The van der Waals surface area contributed by atoms with E-state index in [1.165, 1.54) is 16.7 Å². The van der Waals surface area contributed by atoms with E-state index in [-0.39, 0.29) is 0 Å². The van der Waals surface area contributed by atoms with Crippen molar-refractivity contribution in [2.24, 2.45) is 0 Å². The number of hydrogen-bond donors (Lipinski definition) is 0. The zero-order valence-corrected chi connectivity index (χ0v) is 17.3. The van der Waals surface area contributed by atoms with Gasteiger partial charge in [0.05, 0.1) is 0 Å². The van der Waals surface area contributed by atoms with Gasteiger partial charge in [0.2, 0.25) is 0 Å². The van der Waals surface area contributed by atoms with Crippen LogP contribution in [-0.4, -0.2) is 21.7 Å². The minimum atomic E-state index is 1.02. The van der Waals surface area contributed by atoms with Crippen LogP contribution in [0.5, 0.6) is 0 Å². The molecule has 3 aromatic rings. The summed E-state index contributed by atoms with van der Waals surface area (Å²) in [6.07, 6.45) is 3.98. The molecule has 0 amide bonds. The topological polar surface area (TPSA) is 25.8 Å². The van der Waals surface area contributed by atoms with Crippen molar-refractivity contribution in [3.63, 3.8) is 0 Å². The van der Waals surface area contributed by atoms with E-state index in [0.29, 0.717) is 0 Å². The molecule has 0 saturated heterocycles. The Labute approximate surface area is 168 Å². The molecule has 0 saturated carbocycles. The summed E-state index contributed by atoms with van der Waals surface area (Å²) in [6.45, 7) is 5.92. The van der Waals surface area contributed by atoms with Crippen molar-refractivity contribution < 1.29 is 0 Å². The molecule has 0 fully saturated rings. The highest BCUT2D eigenvalue weighted by molar-refractivity contribution is 8.03. The minimum absolute atomic E-state index is 1.02. The molecule has 0 radical (unpaired) electrons. The molecule has 0 spiro atoms. The Kier molecular flexibility index (Phi) is 7.35. The molecular formula is C21H22N2S3. The third-order valence-electron chi connectivity index (χ3n) is 3.92. The Balaban J connectivity index is 1.40. The third-order valence-corrected chi connectivity index (χ3v) is 7.11. The molecule has 2 aromatic carbocycles. The number of nitrogens with zero attached hydrogens (tertiary/aromatic N) is 2. The SMILES string of the molecule is C=Cc1ccc(CCSc2nnc(SCCc3cccc(C)c3)s2)cc1. The third kappa shape index (κ3) is 6.01. The first-order valence-corrected chi connectivity index (χ1v) is 11.4. The highest BCUT2D eigenvalue weighted by Crippen LogP contribution is 2.29. The lowest BCUT2D eigenvalue weighted by molar-refractivity contribution is 0.952. The van der Waals surface area contributed by atoms with Crippen LogP contribution < -0.4 is 0 Å². The molecule has 26 heavy (non-hydrogen) atoms. The van der Waals surface area contributed by atoms with Gasteiger partial charge in [0.25, 0.3) is 0 Å². The number of benzene rings is 2. The fourth-order valence-electron chi connectivity index (χ4n) is 2.51. The number of aryl methyl sites for hydroxylation is 3. The summed E-state index contributed by atoms with van der Waals surface area (Å²) in [6, 6.07) is 17.3. The average molecular weight is 399 g/mol. The van der Waals surface area contributed by atoms with E-state index in [1.807, 2.05) is 6.08 Å². The standard InChI is InChI=1S/C21H22N2S3/c1-3-17-7-9-18(10-8-17)11-13-24-20-22-23-21(26-20)25-14-12-19-6-4-5-16(2)15-19/h3-10,15H,1,11-14H2,2H3. The molecule has 0 aliphatic heterocycles. The van der Waals surface area contributed by atoms with Gasteiger partial charge >= 0.3 is 0 Å². The molecule has 2 nitrogen and oxygen atoms in total. The summed E-state index contributed by atoms with van der Waals surface area (Å²) >= 11 is 5.29. The first-order chi connectivity index (χ1) is 12.7. The highest BCUT2D eigenvalue weighted by atomic mass is 32.2. The van der Waals surface area contributed by atoms with Gasteiger partial charge in [0, 0.05) is 11.5 Å². The molecule has 1 heterocycles. The van der Waals surface area contributed by atoms with Crippen molar-refractivity contribution in [3.05, 3.63) is 77.4 Å². The van der Waals surface area contributed by atoms with Crippen LogP contribution in [0.4, 0.5) is 0 Å². The Morgan fingerprint density at radius 1 is 0.923 bits per heavy atom. The fourth-order valence-corrected chi connectivity index (χ4v) is 5.65. The summed E-state index contributed by atoms with van der Waals surface area (Å²) in [5.41, 5.74) is 5.22. The van der Waals surface area contributed by atoms with E-state index in [1.54, 1.807) is 34.9 Å². The Bertz CT molecular complexity index is 840. The van der Waals surface area contributed by atoms with Crippen molar-refractivity contribution in [1.82, 2.24) is 10.2 Å². The molecule has 0 bridgehead atoms. The molecule has 0 N–H and O–H groups in total. The number of rotatable bonds is 9. The van der Waals surface area contributed by atoms with E-state index in [2.05, 4.69) is 72.2 Å². The van der Waals surface area contributed by atoms with Gasteiger partial charge in [-0.15, -0.1) is 10.2 Å². The van der Waals surface area contributed by atoms with E-state index in [4.69, 9.17) is 0 Å². The van der Waals surface area contributed by atoms with Crippen molar-refractivity contribution in [2.45, 2.75) is 28.4 Å². The summed E-state index contributed by atoms with van der Waals surface area (Å²) < 4.78 is 2.13. The predicted octanol–water partition coefficient (Wildman–Crippen LogP) is 6.16. The van der Waals surface area contributed by atoms with E-state index in [0.717, 1.165) is 38.6 Å².